The van der Waals surface area contributed by atoms with E-state index in [1.165, 1.54) is 0 Å². The minimum absolute atomic E-state index is 0.136. The predicted octanol–water partition coefficient (Wildman–Crippen LogP) is 4.50. The summed E-state index contributed by atoms with van der Waals surface area (Å²) in [6.07, 6.45) is 7.24. The summed E-state index contributed by atoms with van der Waals surface area (Å²) in [6.45, 7) is 0.814. The van der Waals surface area contributed by atoms with E-state index < -0.39 is 0 Å². The lowest BCUT2D eigenvalue weighted by Gasteiger charge is -2.36. The molecule has 1 aliphatic heterocycles. The van der Waals surface area contributed by atoms with Crippen LogP contribution in [0.2, 0.25) is 0 Å². The molecule has 1 atom stereocenters. The first kappa shape index (κ1) is 16.9. The molecule has 132 valence electrons. The second-order valence-corrected chi connectivity index (χ2v) is 7.43. The highest BCUT2D eigenvalue weighted by Crippen LogP contribution is 2.31. The zero-order chi connectivity index (χ0) is 17.8. The molecule has 1 aromatic carbocycles. The summed E-state index contributed by atoms with van der Waals surface area (Å²) >= 11 is 1.60. The third-order valence-corrected chi connectivity index (χ3v) is 5.74. The summed E-state index contributed by atoms with van der Waals surface area (Å²) in [6, 6.07) is 14.3. The van der Waals surface area contributed by atoms with Crippen LogP contribution in [-0.4, -0.2) is 27.3 Å². The molecule has 0 radical (unpaired) electrons. The molecule has 4 rings (SSSR count). The number of hydrogen-bond acceptors (Lipinski definition) is 4. The summed E-state index contributed by atoms with van der Waals surface area (Å²) in [5, 5.41) is 2.97. The summed E-state index contributed by atoms with van der Waals surface area (Å²) < 4.78 is 0. The normalized spacial score (nSPS) is 17.2. The molecule has 1 fully saturated rings. The maximum Gasteiger partial charge on any atom is 0.229 e. The third kappa shape index (κ3) is 3.68. The van der Waals surface area contributed by atoms with Gasteiger partial charge in [-0.2, -0.15) is 0 Å². The Hall–Kier alpha value is -2.53. The Bertz CT molecular complexity index is 863. The van der Waals surface area contributed by atoms with E-state index in [4.69, 9.17) is 0 Å². The van der Waals surface area contributed by atoms with Gasteiger partial charge in [-0.15, -0.1) is 11.3 Å². The SMILES string of the molecule is O=C(Cc1csc(-c2ccccc2)n1)N1CCCC[C@H]1c1cccnc1. The number of amides is 1. The van der Waals surface area contributed by atoms with E-state index in [0.717, 1.165) is 47.6 Å². The first-order valence-electron chi connectivity index (χ1n) is 9.00. The number of carbonyl (C=O) groups is 1. The van der Waals surface area contributed by atoms with Crippen molar-refractivity contribution in [3.63, 3.8) is 0 Å². The number of carbonyl (C=O) groups excluding carboxylic acids is 1. The lowest BCUT2D eigenvalue weighted by Crippen LogP contribution is -2.39. The Morgan fingerprint density at radius 2 is 2.04 bits per heavy atom. The predicted molar refractivity (Wildman–Crippen MR) is 104 cm³/mol. The maximum atomic E-state index is 13.0. The smallest absolute Gasteiger partial charge is 0.229 e. The van der Waals surface area contributed by atoms with Gasteiger partial charge in [0.05, 0.1) is 18.2 Å². The van der Waals surface area contributed by atoms with E-state index in [0.29, 0.717) is 6.42 Å². The van der Waals surface area contributed by atoms with Crippen molar-refractivity contribution in [3.8, 4) is 10.6 Å². The highest BCUT2D eigenvalue weighted by Gasteiger charge is 2.28. The highest BCUT2D eigenvalue weighted by atomic mass is 32.1. The molecule has 3 heterocycles. The molecule has 0 spiro atoms. The number of nitrogens with zero attached hydrogens (tertiary/aromatic N) is 3. The van der Waals surface area contributed by atoms with Crippen molar-refractivity contribution < 1.29 is 4.79 Å². The Morgan fingerprint density at radius 1 is 1.15 bits per heavy atom. The topological polar surface area (TPSA) is 46.1 Å². The number of likely N-dealkylation sites (tertiary alicyclic amines) is 1. The van der Waals surface area contributed by atoms with Gasteiger partial charge < -0.3 is 4.90 Å². The summed E-state index contributed by atoms with van der Waals surface area (Å²) in [4.78, 5) is 23.9. The quantitative estimate of drug-likeness (QED) is 0.685. The first-order chi connectivity index (χ1) is 12.8. The van der Waals surface area contributed by atoms with Gasteiger partial charge in [-0.05, 0) is 30.9 Å². The molecule has 0 N–H and O–H groups in total. The number of aromatic nitrogens is 2. The van der Waals surface area contributed by atoms with E-state index in [2.05, 4.69) is 16.0 Å². The number of benzene rings is 1. The Labute approximate surface area is 157 Å². The van der Waals surface area contributed by atoms with Gasteiger partial charge in [0.2, 0.25) is 5.91 Å². The van der Waals surface area contributed by atoms with Gasteiger partial charge >= 0.3 is 0 Å². The van der Waals surface area contributed by atoms with Gasteiger partial charge in [0.15, 0.2) is 0 Å². The van der Waals surface area contributed by atoms with E-state index in [1.54, 1.807) is 17.5 Å². The van der Waals surface area contributed by atoms with E-state index in [1.807, 2.05) is 52.9 Å². The first-order valence-corrected chi connectivity index (χ1v) is 9.88. The largest absolute Gasteiger partial charge is 0.335 e. The Balaban J connectivity index is 1.49. The van der Waals surface area contributed by atoms with Crippen molar-refractivity contribution in [2.45, 2.75) is 31.7 Å². The van der Waals surface area contributed by atoms with E-state index >= 15 is 0 Å². The van der Waals surface area contributed by atoms with Gasteiger partial charge in [-0.1, -0.05) is 36.4 Å². The minimum atomic E-state index is 0.136. The molecule has 26 heavy (non-hydrogen) atoms. The van der Waals surface area contributed by atoms with Crippen molar-refractivity contribution in [2.75, 3.05) is 6.54 Å². The molecule has 0 aliphatic carbocycles. The molecule has 3 aromatic rings. The fourth-order valence-electron chi connectivity index (χ4n) is 3.51. The number of thiazole rings is 1. The summed E-state index contributed by atoms with van der Waals surface area (Å²) in [7, 11) is 0. The van der Waals surface area contributed by atoms with Crippen molar-refractivity contribution in [1.29, 1.82) is 0 Å². The molecular formula is C21H21N3OS. The molecular weight excluding hydrogens is 342 g/mol. The van der Waals surface area contributed by atoms with Crippen molar-refractivity contribution in [1.82, 2.24) is 14.9 Å². The molecule has 4 nitrogen and oxygen atoms in total. The van der Waals surface area contributed by atoms with Gasteiger partial charge in [0.1, 0.15) is 5.01 Å². The van der Waals surface area contributed by atoms with Gasteiger partial charge in [-0.25, -0.2) is 4.98 Å². The van der Waals surface area contributed by atoms with Crippen molar-refractivity contribution in [2.24, 2.45) is 0 Å². The zero-order valence-corrected chi connectivity index (χ0v) is 15.4. The van der Waals surface area contributed by atoms with Crippen LogP contribution in [0.1, 0.15) is 36.6 Å². The van der Waals surface area contributed by atoms with Crippen molar-refractivity contribution >= 4 is 17.2 Å². The lowest BCUT2D eigenvalue weighted by atomic mass is 9.96. The summed E-state index contributed by atoms with van der Waals surface area (Å²) in [5.41, 5.74) is 3.08. The second kappa shape index (κ2) is 7.79. The van der Waals surface area contributed by atoms with Gasteiger partial charge in [0.25, 0.3) is 0 Å². The lowest BCUT2D eigenvalue weighted by molar-refractivity contribution is -0.134. The number of piperidine rings is 1. The number of pyridine rings is 1. The van der Waals surface area contributed by atoms with Crippen LogP contribution in [0, 0.1) is 0 Å². The van der Waals surface area contributed by atoms with Crippen LogP contribution in [0.5, 0.6) is 0 Å². The molecule has 1 amide bonds. The van der Waals surface area contributed by atoms with Crippen LogP contribution in [0.15, 0.2) is 60.2 Å². The van der Waals surface area contributed by atoms with Crippen LogP contribution in [0.25, 0.3) is 10.6 Å². The van der Waals surface area contributed by atoms with E-state index in [-0.39, 0.29) is 11.9 Å². The fourth-order valence-corrected chi connectivity index (χ4v) is 4.33. The van der Waals surface area contributed by atoms with Crippen molar-refractivity contribution in [3.05, 3.63) is 71.5 Å². The van der Waals surface area contributed by atoms with Crippen LogP contribution in [0.3, 0.4) is 0 Å². The van der Waals surface area contributed by atoms with Crippen LogP contribution >= 0.6 is 11.3 Å². The molecule has 2 aromatic heterocycles. The van der Waals surface area contributed by atoms with Crippen LogP contribution in [0.4, 0.5) is 0 Å². The van der Waals surface area contributed by atoms with Crippen LogP contribution in [-0.2, 0) is 11.2 Å². The zero-order valence-electron chi connectivity index (χ0n) is 14.5. The monoisotopic (exact) mass is 363 g/mol. The van der Waals surface area contributed by atoms with Crippen LogP contribution < -0.4 is 0 Å². The van der Waals surface area contributed by atoms with Gasteiger partial charge in [-0.3, -0.25) is 9.78 Å². The molecule has 1 saturated heterocycles. The summed E-state index contributed by atoms with van der Waals surface area (Å²) in [5.74, 6) is 0.156. The molecule has 5 heteroatoms. The van der Waals surface area contributed by atoms with Gasteiger partial charge in [0, 0.05) is 29.9 Å². The maximum absolute atomic E-state index is 13.0. The standard InChI is InChI=1S/C21H21N3OS/c25-20(13-18-15-26-21(23-18)16-7-2-1-3-8-16)24-12-5-4-10-19(24)17-9-6-11-22-14-17/h1-3,6-9,11,14-15,19H,4-5,10,12-13H2/t19-/m0/s1. The minimum Gasteiger partial charge on any atom is -0.335 e. The molecule has 0 bridgehead atoms. The molecule has 0 saturated carbocycles. The number of rotatable bonds is 4. The van der Waals surface area contributed by atoms with E-state index in [9.17, 15) is 4.79 Å². The Kier molecular flexibility index (Phi) is 5.07. The Morgan fingerprint density at radius 3 is 2.85 bits per heavy atom. The average molecular weight is 363 g/mol. The third-order valence-electron chi connectivity index (χ3n) is 4.80. The number of hydrogen-bond donors (Lipinski definition) is 0. The highest BCUT2D eigenvalue weighted by molar-refractivity contribution is 7.13. The molecule has 0 unspecified atom stereocenters. The second-order valence-electron chi connectivity index (χ2n) is 6.57. The fraction of sp³-hybridized carbons (Fsp3) is 0.286. The molecule has 1 aliphatic rings. The average Bonchev–Trinajstić information content (AvgIpc) is 3.18.